The maximum atomic E-state index is 13.8. The van der Waals surface area contributed by atoms with Crippen molar-refractivity contribution < 1.29 is 51.4 Å². The molecule has 0 radical (unpaired) electrons. The Bertz CT molecular complexity index is 2300. The topological polar surface area (TPSA) is 210 Å². The van der Waals surface area contributed by atoms with E-state index in [1.165, 1.54) is 42.5 Å². The smallest absolute Gasteiger partial charge is 0.445 e. The van der Waals surface area contributed by atoms with Crippen molar-refractivity contribution in [3.8, 4) is 0 Å². The minimum Gasteiger partial charge on any atom is -0.445 e. The largest absolute Gasteiger partial charge is 0.471 e. The van der Waals surface area contributed by atoms with Gasteiger partial charge in [0.25, 0.3) is 11.5 Å². The Kier molecular flexibility index (Phi) is 17.6. The number of halogens is 3. The molecule has 5 amide bonds. The Morgan fingerprint density at radius 1 is 0.828 bits per heavy atom. The second-order valence-electron chi connectivity index (χ2n) is 16.5. The van der Waals surface area contributed by atoms with Gasteiger partial charge in [0.2, 0.25) is 17.8 Å². The summed E-state index contributed by atoms with van der Waals surface area (Å²) in [4.78, 5) is 82.4. The summed E-state index contributed by atoms with van der Waals surface area (Å²) < 4.78 is 58.7. The van der Waals surface area contributed by atoms with Crippen LogP contribution < -0.4 is 31.7 Å². The third-order valence-corrected chi connectivity index (χ3v) is 10.1. The van der Waals surface area contributed by atoms with Crippen LogP contribution in [0.15, 0.2) is 77.6 Å². The zero-order valence-electron chi connectivity index (χ0n) is 36.9. The summed E-state index contributed by atoms with van der Waals surface area (Å²) >= 11 is 0. The number of aromatic amines is 1. The summed E-state index contributed by atoms with van der Waals surface area (Å²) in [6.07, 6.45) is -5.48. The zero-order valence-corrected chi connectivity index (χ0v) is 36.9. The molecule has 346 valence electrons. The number of aromatic nitrogens is 2. The van der Waals surface area contributed by atoms with E-state index in [2.05, 4.69) is 31.2 Å². The maximum Gasteiger partial charge on any atom is 0.471 e. The number of carbonyl (C=O) groups excluding carboxylic acids is 5. The van der Waals surface area contributed by atoms with Crippen molar-refractivity contribution in [1.29, 1.82) is 0 Å². The van der Waals surface area contributed by atoms with Gasteiger partial charge in [-0.3, -0.25) is 34.3 Å². The quantitative estimate of drug-likeness (QED) is 0.0490. The molecule has 5 N–H and O–H groups in total. The lowest BCUT2D eigenvalue weighted by atomic mass is 9.86. The second kappa shape index (κ2) is 22.3. The summed E-state index contributed by atoms with van der Waals surface area (Å²) in [5.41, 5.74) is 0.0355. The Balaban J connectivity index is 1.24. The second-order valence-corrected chi connectivity index (χ2v) is 16.5. The van der Waals surface area contributed by atoms with Crippen LogP contribution in [0.4, 0.5) is 29.6 Å². The number of fused-ring (bicyclic) bond motifs is 1. The molecule has 4 aromatic rings. The lowest BCUT2D eigenvalue weighted by Gasteiger charge is -2.41. The van der Waals surface area contributed by atoms with E-state index in [9.17, 15) is 41.9 Å². The maximum absolute atomic E-state index is 13.8. The van der Waals surface area contributed by atoms with Gasteiger partial charge < -0.3 is 35.1 Å². The van der Waals surface area contributed by atoms with Crippen LogP contribution in [-0.4, -0.2) is 84.0 Å². The van der Waals surface area contributed by atoms with Gasteiger partial charge in [0.05, 0.1) is 30.7 Å². The van der Waals surface area contributed by atoms with Gasteiger partial charge >= 0.3 is 18.2 Å². The van der Waals surface area contributed by atoms with Crippen LogP contribution in [0.1, 0.15) is 82.8 Å². The number of H-pyrrole nitrogens is 1. The Morgan fingerprint density at radius 3 is 2.08 bits per heavy atom. The lowest BCUT2D eigenvalue weighted by Crippen LogP contribution is -2.47. The van der Waals surface area contributed by atoms with Crippen molar-refractivity contribution in [3.63, 3.8) is 0 Å². The van der Waals surface area contributed by atoms with Crippen LogP contribution in [0.3, 0.4) is 0 Å². The fourth-order valence-corrected chi connectivity index (χ4v) is 5.91. The molecule has 64 heavy (non-hydrogen) atoms. The predicted molar refractivity (Wildman–Crippen MR) is 233 cm³/mol. The molecular weight excluding hydrogens is 840 g/mol. The van der Waals surface area contributed by atoms with Crippen LogP contribution in [-0.2, 0) is 41.7 Å². The van der Waals surface area contributed by atoms with Gasteiger partial charge in [-0.15, -0.1) is 0 Å². The molecular formula is C45H56F3N7O9. The first-order chi connectivity index (χ1) is 30.1. The van der Waals surface area contributed by atoms with Gasteiger partial charge in [-0.25, -0.2) is 9.78 Å². The number of alkyl halides is 3. The zero-order chi connectivity index (χ0) is 47.2. The number of carbonyl (C=O) groups is 5. The Hall–Kier alpha value is -6.34. The van der Waals surface area contributed by atoms with E-state index in [1.807, 2.05) is 51.1 Å². The van der Waals surface area contributed by atoms with Crippen molar-refractivity contribution in [2.24, 2.45) is 11.3 Å². The molecule has 0 bridgehead atoms. The summed E-state index contributed by atoms with van der Waals surface area (Å²) in [6.45, 7) is 12.8. The van der Waals surface area contributed by atoms with Gasteiger partial charge in [0.15, 0.2) is 5.79 Å². The van der Waals surface area contributed by atoms with Crippen LogP contribution in [0.2, 0.25) is 0 Å². The number of nitrogens with one attached hydrogen (secondary N) is 5. The van der Waals surface area contributed by atoms with Gasteiger partial charge in [-0.05, 0) is 67.8 Å². The highest BCUT2D eigenvalue weighted by molar-refractivity contribution is 5.99. The third-order valence-electron chi connectivity index (χ3n) is 10.1. The molecule has 0 aliphatic carbocycles. The molecule has 0 spiro atoms. The van der Waals surface area contributed by atoms with Crippen LogP contribution in [0, 0.1) is 11.3 Å². The van der Waals surface area contributed by atoms with E-state index in [-0.39, 0.29) is 97.1 Å². The monoisotopic (exact) mass is 895 g/mol. The van der Waals surface area contributed by atoms with Crippen molar-refractivity contribution >= 4 is 52.3 Å². The standard InChI is InChI=1S/C45H56F3N7O9/c1-28(2)37(57)53-41-52-35-19-14-31(25-34(35)39(59)54-41)26-55(40(60)45(46,47)48)33-17-15-32(16-18-33)38(58)51-29(3)13-20-36(56)49-21-23-63-44(7,43(4,5)6)64-24-22-50-42(61)62-27-30-11-9-8-10-12-30/h8-12,14-19,25,28-29H,13,20-24,26-27H2,1-7H3,(H,49,56)(H,50,61)(H,51,58)(H2,52,53,54,57,59)/t29-,44?/m1/s1. The SMILES string of the molecule is CC(C)C(=O)Nc1nc2ccc(CN(C(=O)C(F)(F)F)c3ccc(C(=O)N[C@H](C)CCC(=O)NCCOC(C)(OCCNC(=O)OCc4ccccc4)C(C)(C)C)cc3)cc2c(=O)[nH]1. The van der Waals surface area contributed by atoms with E-state index < -0.39 is 53.4 Å². The molecule has 16 nitrogen and oxygen atoms in total. The van der Waals surface area contributed by atoms with E-state index in [4.69, 9.17) is 14.2 Å². The number of amides is 5. The number of alkyl carbamates (subject to hydrolysis) is 1. The minimum absolute atomic E-state index is 0.0273. The average molecular weight is 896 g/mol. The summed E-state index contributed by atoms with van der Waals surface area (Å²) in [5.74, 6) is -4.91. The number of rotatable bonds is 20. The van der Waals surface area contributed by atoms with E-state index >= 15 is 0 Å². The first-order valence-corrected chi connectivity index (χ1v) is 20.7. The van der Waals surface area contributed by atoms with Crippen molar-refractivity contribution in [2.45, 2.75) is 92.5 Å². The predicted octanol–water partition coefficient (Wildman–Crippen LogP) is 6.35. The van der Waals surface area contributed by atoms with Gasteiger partial charge in [-0.1, -0.05) is 71.0 Å². The van der Waals surface area contributed by atoms with Gasteiger partial charge in [0.1, 0.15) is 6.61 Å². The molecule has 0 fully saturated rings. The number of hydrogen-bond donors (Lipinski definition) is 5. The number of anilines is 2. The highest BCUT2D eigenvalue weighted by Gasteiger charge is 2.43. The first kappa shape index (κ1) is 50.3. The Morgan fingerprint density at radius 2 is 1.47 bits per heavy atom. The normalized spacial score (nSPS) is 13.1. The molecule has 1 aromatic heterocycles. The molecule has 4 rings (SSSR count). The van der Waals surface area contributed by atoms with Crippen molar-refractivity contribution in [3.05, 3.63) is 99.8 Å². The minimum atomic E-state index is -5.24. The van der Waals surface area contributed by atoms with Crippen LogP contribution in [0.25, 0.3) is 10.9 Å². The number of ether oxygens (including phenoxy) is 3. The molecule has 0 aliphatic rings. The molecule has 3 aromatic carbocycles. The van der Waals surface area contributed by atoms with Gasteiger partial charge in [0, 0.05) is 48.1 Å². The van der Waals surface area contributed by atoms with E-state index in [0.717, 1.165) is 5.56 Å². The summed E-state index contributed by atoms with van der Waals surface area (Å²) in [6, 6.07) is 17.9. The molecule has 0 aliphatic heterocycles. The molecule has 2 atom stereocenters. The first-order valence-electron chi connectivity index (χ1n) is 20.7. The fourth-order valence-electron chi connectivity index (χ4n) is 5.91. The third kappa shape index (κ3) is 14.9. The molecule has 0 saturated heterocycles. The molecule has 0 saturated carbocycles. The molecule has 19 heteroatoms. The number of hydrogen-bond acceptors (Lipinski definition) is 10. The highest BCUT2D eigenvalue weighted by atomic mass is 19.4. The fraction of sp³-hybridized carbons (Fsp3) is 0.444. The van der Waals surface area contributed by atoms with E-state index in [1.54, 1.807) is 27.7 Å². The van der Waals surface area contributed by atoms with Gasteiger partial charge in [-0.2, -0.15) is 13.2 Å². The number of nitrogens with zero attached hydrogens (tertiary/aromatic N) is 2. The average Bonchev–Trinajstić information content (AvgIpc) is 3.24. The molecule has 1 unspecified atom stereocenters. The summed E-state index contributed by atoms with van der Waals surface area (Å²) in [5, 5.41) is 10.7. The highest BCUT2D eigenvalue weighted by Crippen LogP contribution is 2.34. The van der Waals surface area contributed by atoms with Crippen molar-refractivity contribution in [1.82, 2.24) is 25.9 Å². The van der Waals surface area contributed by atoms with E-state index in [0.29, 0.717) is 4.90 Å². The lowest BCUT2D eigenvalue weighted by molar-refractivity contribution is -0.276. The van der Waals surface area contributed by atoms with Crippen molar-refractivity contribution in [2.75, 3.05) is 36.5 Å². The molecule has 1 heterocycles. The summed E-state index contributed by atoms with van der Waals surface area (Å²) in [7, 11) is 0. The van der Waals surface area contributed by atoms with Crippen LogP contribution in [0.5, 0.6) is 0 Å². The van der Waals surface area contributed by atoms with Crippen LogP contribution >= 0.6 is 0 Å². The number of benzene rings is 3. The Labute approximate surface area is 369 Å².